The van der Waals surface area contributed by atoms with Gasteiger partial charge in [0.2, 0.25) is 0 Å². The molecule has 5 heteroatoms. The molecule has 1 heterocycles. The number of aromatic nitrogens is 1. The maximum Gasteiger partial charge on any atom is 0.172 e. The number of aryl methyl sites for hydroxylation is 3. The highest BCUT2D eigenvalue weighted by atomic mass is 32.2. The Morgan fingerprint density at radius 1 is 1.33 bits per heavy atom. The van der Waals surface area contributed by atoms with Crippen LogP contribution in [-0.4, -0.2) is 16.0 Å². The quantitative estimate of drug-likeness (QED) is 0.395. The van der Waals surface area contributed by atoms with Crippen molar-refractivity contribution in [1.82, 2.24) is 4.98 Å². The second-order valence-electron chi connectivity index (χ2n) is 5.15. The van der Waals surface area contributed by atoms with Crippen LogP contribution in [0.15, 0.2) is 45.4 Å². The zero-order chi connectivity index (χ0) is 14.8. The SMILES string of the molecule is Cc1ccccc1Sc1nc2c(cc1C(N)=NO)CCC2. The Balaban J connectivity index is 2.06. The van der Waals surface area contributed by atoms with Gasteiger partial charge in [0.15, 0.2) is 5.84 Å². The van der Waals surface area contributed by atoms with E-state index in [-0.39, 0.29) is 5.84 Å². The van der Waals surface area contributed by atoms with Crippen molar-refractivity contribution in [2.24, 2.45) is 10.9 Å². The minimum atomic E-state index is 0.119. The Labute approximate surface area is 128 Å². The maximum atomic E-state index is 9.01. The number of pyridine rings is 1. The van der Waals surface area contributed by atoms with Crippen LogP contribution in [0.4, 0.5) is 0 Å². The number of nitrogens with two attached hydrogens (primary N) is 1. The summed E-state index contributed by atoms with van der Waals surface area (Å²) in [5.41, 5.74) is 10.1. The number of benzene rings is 1. The van der Waals surface area contributed by atoms with Crippen molar-refractivity contribution in [2.75, 3.05) is 0 Å². The Morgan fingerprint density at radius 2 is 2.14 bits per heavy atom. The lowest BCUT2D eigenvalue weighted by Gasteiger charge is -2.11. The van der Waals surface area contributed by atoms with Crippen LogP contribution in [0.25, 0.3) is 0 Å². The molecule has 0 atom stereocenters. The number of hydrogen-bond acceptors (Lipinski definition) is 4. The molecule has 4 nitrogen and oxygen atoms in total. The highest BCUT2D eigenvalue weighted by Gasteiger charge is 2.19. The van der Waals surface area contributed by atoms with Crippen LogP contribution in [0.1, 0.15) is 28.8 Å². The average Bonchev–Trinajstić information content (AvgIpc) is 2.95. The van der Waals surface area contributed by atoms with Crippen molar-refractivity contribution in [3.63, 3.8) is 0 Å². The van der Waals surface area contributed by atoms with Crippen molar-refractivity contribution >= 4 is 17.6 Å². The monoisotopic (exact) mass is 299 g/mol. The lowest BCUT2D eigenvalue weighted by Crippen LogP contribution is -2.16. The van der Waals surface area contributed by atoms with Gasteiger partial charge in [0.25, 0.3) is 0 Å². The van der Waals surface area contributed by atoms with Crippen molar-refractivity contribution < 1.29 is 5.21 Å². The van der Waals surface area contributed by atoms with Crippen LogP contribution in [0, 0.1) is 6.92 Å². The third-order valence-corrected chi connectivity index (χ3v) is 4.88. The van der Waals surface area contributed by atoms with Crippen LogP contribution >= 0.6 is 11.8 Å². The van der Waals surface area contributed by atoms with Gasteiger partial charge in [-0.3, -0.25) is 0 Å². The molecule has 0 radical (unpaired) electrons. The Morgan fingerprint density at radius 3 is 2.90 bits per heavy atom. The second kappa shape index (κ2) is 5.77. The number of nitrogens with zero attached hydrogens (tertiary/aromatic N) is 2. The fraction of sp³-hybridized carbons (Fsp3) is 0.250. The van der Waals surface area contributed by atoms with Crippen LogP contribution in [-0.2, 0) is 12.8 Å². The molecule has 0 spiro atoms. The first kappa shape index (κ1) is 13.9. The van der Waals surface area contributed by atoms with Crippen molar-refractivity contribution in [3.05, 3.63) is 52.7 Å². The zero-order valence-electron chi connectivity index (χ0n) is 11.8. The topological polar surface area (TPSA) is 71.5 Å². The molecule has 1 aromatic heterocycles. The van der Waals surface area contributed by atoms with Crippen LogP contribution in [0.3, 0.4) is 0 Å². The van der Waals surface area contributed by atoms with Gasteiger partial charge < -0.3 is 10.9 Å². The molecule has 3 rings (SSSR count). The van der Waals surface area contributed by atoms with E-state index in [0.29, 0.717) is 5.56 Å². The predicted octanol–water partition coefficient (Wildman–Crippen LogP) is 3.12. The summed E-state index contributed by atoms with van der Waals surface area (Å²) in [6, 6.07) is 10.2. The molecule has 2 aromatic rings. The smallest absolute Gasteiger partial charge is 0.172 e. The van der Waals surface area contributed by atoms with Gasteiger partial charge >= 0.3 is 0 Å². The molecule has 1 aromatic carbocycles. The lowest BCUT2D eigenvalue weighted by atomic mass is 10.1. The van der Waals surface area contributed by atoms with Gasteiger partial charge in [-0.05, 0) is 49.4 Å². The highest BCUT2D eigenvalue weighted by Crippen LogP contribution is 2.34. The largest absolute Gasteiger partial charge is 0.409 e. The van der Waals surface area contributed by atoms with Crippen molar-refractivity contribution in [3.8, 4) is 0 Å². The molecule has 3 N–H and O–H groups in total. The molecule has 1 aliphatic rings. The third kappa shape index (κ3) is 2.74. The van der Waals surface area contributed by atoms with Crippen LogP contribution < -0.4 is 5.73 Å². The number of hydrogen-bond donors (Lipinski definition) is 2. The molecule has 0 saturated heterocycles. The van der Waals surface area contributed by atoms with Gasteiger partial charge in [-0.1, -0.05) is 35.1 Å². The van der Waals surface area contributed by atoms with Gasteiger partial charge in [0.05, 0.1) is 5.56 Å². The fourth-order valence-corrected chi connectivity index (χ4v) is 3.56. The van der Waals surface area contributed by atoms with Gasteiger partial charge in [-0.25, -0.2) is 4.98 Å². The Bertz CT molecular complexity index is 713. The van der Waals surface area contributed by atoms with E-state index in [2.05, 4.69) is 24.2 Å². The molecule has 1 aliphatic carbocycles. The summed E-state index contributed by atoms with van der Waals surface area (Å²) in [6.45, 7) is 2.07. The first-order valence-electron chi connectivity index (χ1n) is 6.93. The molecule has 0 aliphatic heterocycles. The molecule has 108 valence electrons. The summed E-state index contributed by atoms with van der Waals surface area (Å²) in [5.74, 6) is 0.119. The summed E-state index contributed by atoms with van der Waals surface area (Å²) in [7, 11) is 0. The van der Waals surface area contributed by atoms with Crippen LogP contribution in [0.5, 0.6) is 0 Å². The summed E-state index contributed by atoms with van der Waals surface area (Å²) >= 11 is 1.57. The summed E-state index contributed by atoms with van der Waals surface area (Å²) in [6.07, 6.45) is 3.15. The number of fused-ring (bicyclic) bond motifs is 1. The molecule has 21 heavy (non-hydrogen) atoms. The van der Waals surface area contributed by atoms with E-state index < -0.39 is 0 Å². The molecular formula is C16H17N3OS. The van der Waals surface area contributed by atoms with E-state index in [4.69, 9.17) is 15.9 Å². The fourth-order valence-electron chi connectivity index (χ4n) is 2.54. The van der Waals surface area contributed by atoms with Gasteiger partial charge in [0, 0.05) is 10.6 Å². The zero-order valence-corrected chi connectivity index (χ0v) is 12.7. The van der Waals surface area contributed by atoms with Crippen molar-refractivity contribution in [2.45, 2.75) is 36.1 Å². The molecule has 0 bridgehead atoms. The van der Waals surface area contributed by atoms with E-state index in [1.54, 1.807) is 11.8 Å². The van der Waals surface area contributed by atoms with Gasteiger partial charge in [-0.2, -0.15) is 0 Å². The normalized spacial score (nSPS) is 14.2. The standard InChI is InChI=1S/C16H17N3OS/c1-10-5-2-3-8-14(10)21-16-12(15(17)19-20)9-11-6-4-7-13(11)18-16/h2-3,5,8-9,20H,4,6-7H2,1H3,(H2,17,19). The minimum Gasteiger partial charge on any atom is -0.409 e. The van der Waals surface area contributed by atoms with Crippen molar-refractivity contribution in [1.29, 1.82) is 0 Å². The summed E-state index contributed by atoms with van der Waals surface area (Å²) in [4.78, 5) is 5.88. The lowest BCUT2D eigenvalue weighted by molar-refractivity contribution is 0.318. The number of rotatable bonds is 3. The molecule has 0 unspecified atom stereocenters. The predicted molar refractivity (Wildman–Crippen MR) is 84.1 cm³/mol. The highest BCUT2D eigenvalue weighted by molar-refractivity contribution is 7.99. The second-order valence-corrected chi connectivity index (χ2v) is 6.18. The average molecular weight is 299 g/mol. The first-order valence-corrected chi connectivity index (χ1v) is 7.75. The van der Waals surface area contributed by atoms with E-state index in [9.17, 15) is 0 Å². The first-order chi connectivity index (χ1) is 10.2. The molecule has 0 amide bonds. The van der Waals surface area contributed by atoms with E-state index in [1.165, 1.54) is 11.1 Å². The summed E-state index contributed by atoms with van der Waals surface area (Å²) < 4.78 is 0. The maximum absolute atomic E-state index is 9.01. The minimum absolute atomic E-state index is 0.119. The van der Waals surface area contributed by atoms with Crippen LogP contribution in [0.2, 0.25) is 0 Å². The van der Waals surface area contributed by atoms with Gasteiger partial charge in [-0.15, -0.1) is 0 Å². The molecule has 0 fully saturated rings. The molecular weight excluding hydrogens is 282 g/mol. The Kier molecular flexibility index (Phi) is 3.84. The third-order valence-electron chi connectivity index (χ3n) is 3.70. The van der Waals surface area contributed by atoms with E-state index >= 15 is 0 Å². The van der Waals surface area contributed by atoms with E-state index in [0.717, 1.165) is 34.9 Å². The van der Waals surface area contributed by atoms with Gasteiger partial charge in [0.1, 0.15) is 5.03 Å². The molecule has 0 saturated carbocycles. The Hall–Kier alpha value is -2.01. The summed E-state index contributed by atoms with van der Waals surface area (Å²) in [5, 5.41) is 13.0. The van der Waals surface area contributed by atoms with E-state index in [1.807, 2.05) is 18.2 Å². The number of oxime groups is 1. The number of amidine groups is 1.